The molecule has 0 aromatic carbocycles. The van der Waals surface area contributed by atoms with Gasteiger partial charge in [-0.05, 0) is 12.2 Å². The van der Waals surface area contributed by atoms with Gasteiger partial charge in [-0.15, -0.1) is 4.53 Å². The van der Waals surface area contributed by atoms with E-state index in [1.165, 1.54) is 0 Å². The molecule has 0 bridgehead atoms. The number of amides is 1. The molecule has 1 aliphatic heterocycles. The Morgan fingerprint density at radius 2 is 1.92 bits per heavy atom. The Morgan fingerprint density at radius 3 is 2.27 bits per heavy atom. The summed E-state index contributed by atoms with van der Waals surface area (Å²) in [6.07, 6.45) is -1.66. The highest BCUT2D eigenvalue weighted by molar-refractivity contribution is 9.11. The third kappa shape index (κ3) is 4.02. The number of hydrazine groups is 1. The number of allylic oxidation sites excluding steroid dienone is 2. The second-order valence-corrected chi connectivity index (χ2v) is 10.2. The van der Waals surface area contributed by atoms with Crippen LogP contribution < -0.4 is 5.73 Å². The summed E-state index contributed by atoms with van der Waals surface area (Å²) in [6.45, 7) is 0. The Morgan fingerprint density at radius 1 is 1.38 bits per heavy atom. The van der Waals surface area contributed by atoms with Crippen LogP contribution in [0.3, 0.4) is 0 Å². The van der Waals surface area contributed by atoms with Gasteiger partial charge in [0.15, 0.2) is 20.2 Å². The zero-order valence-electron chi connectivity index (χ0n) is 12.6. The minimum absolute atomic E-state index is 0.141. The second-order valence-electron chi connectivity index (χ2n) is 5.48. The van der Waals surface area contributed by atoms with E-state index in [4.69, 9.17) is 40.7 Å². The number of alkyl halides is 5. The predicted molar refractivity (Wildman–Crippen MR) is 94.8 cm³/mol. The molecule has 2 rings (SSSR count). The molecule has 0 radical (unpaired) electrons. The Kier molecular flexibility index (Phi) is 5.76. The Labute approximate surface area is 170 Å². The first-order valence-electron chi connectivity index (χ1n) is 6.56. The minimum Gasteiger partial charge on any atom is -0.368 e. The van der Waals surface area contributed by atoms with E-state index in [-0.39, 0.29) is 4.48 Å². The van der Waals surface area contributed by atoms with Crippen LogP contribution in [0.1, 0.15) is 0 Å². The molecule has 2 atom stereocenters. The van der Waals surface area contributed by atoms with Gasteiger partial charge in [-0.25, -0.2) is 8.42 Å². The van der Waals surface area contributed by atoms with Gasteiger partial charge in [-0.3, -0.25) is 9.80 Å². The first-order chi connectivity index (χ1) is 11.6. The molecule has 0 aromatic rings. The van der Waals surface area contributed by atoms with Crippen molar-refractivity contribution in [3.8, 4) is 0 Å². The van der Waals surface area contributed by atoms with Crippen molar-refractivity contribution >= 4 is 66.7 Å². The van der Waals surface area contributed by atoms with Gasteiger partial charge in [-0.1, -0.05) is 39.1 Å². The standard InChI is InChI=1S/C12H10BrCl3F3N3O3S/c1-26(24,25)7-4-21(22(16)8(7)10(20)23)9-6(13)2-5(12(17,18)19)3-11(9,14)15/h2-4,8-9H,1H3,(H2,20,23). The minimum atomic E-state index is -4.71. The lowest BCUT2D eigenvalue weighted by atomic mass is 10.0. The first-order valence-corrected chi connectivity index (χ1v) is 10.3. The molecule has 0 fully saturated rings. The lowest BCUT2D eigenvalue weighted by Crippen LogP contribution is -2.52. The van der Waals surface area contributed by atoms with E-state index < -0.39 is 48.8 Å². The molecule has 1 amide bonds. The van der Waals surface area contributed by atoms with Crippen LogP contribution in [-0.4, -0.2) is 52.7 Å². The van der Waals surface area contributed by atoms with Gasteiger partial charge in [0.05, 0.1) is 10.5 Å². The van der Waals surface area contributed by atoms with Crippen LogP contribution in [0, 0.1) is 0 Å². The Bertz CT molecular complexity index is 842. The third-order valence-electron chi connectivity index (χ3n) is 3.52. The fourth-order valence-corrected chi connectivity index (χ4v) is 5.49. The van der Waals surface area contributed by atoms with Crippen LogP contribution in [0.2, 0.25) is 0 Å². The zero-order chi connectivity index (χ0) is 20.2. The summed E-state index contributed by atoms with van der Waals surface area (Å²) in [4.78, 5) is 11.2. The number of carbonyl (C=O) groups excluding carboxylic acids is 1. The van der Waals surface area contributed by atoms with Gasteiger partial charge in [0.1, 0.15) is 6.04 Å². The van der Waals surface area contributed by atoms with E-state index >= 15 is 0 Å². The second kappa shape index (κ2) is 6.85. The quantitative estimate of drug-likeness (QED) is 0.458. The number of rotatable bonds is 3. The number of halogens is 7. The lowest BCUT2D eigenvalue weighted by molar-refractivity contribution is -0.122. The summed E-state index contributed by atoms with van der Waals surface area (Å²) < 4.78 is 61.0. The van der Waals surface area contributed by atoms with Crippen molar-refractivity contribution in [3.05, 3.63) is 33.3 Å². The number of hydrogen-bond donors (Lipinski definition) is 1. The molecule has 2 unspecified atom stereocenters. The van der Waals surface area contributed by atoms with Gasteiger partial charge in [0.25, 0.3) is 0 Å². The van der Waals surface area contributed by atoms with Crippen LogP contribution in [0.15, 0.2) is 33.3 Å². The number of primary amides is 1. The molecule has 0 saturated heterocycles. The van der Waals surface area contributed by atoms with Crippen molar-refractivity contribution in [1.82, 2.24) is 9.54 Å². The van der Waals surface area contributed by atoms with Gasteiger partial charge in [0.2, 0.25) is 5.91 Å². The van der Waals surface area contributed by atoms with Crippen molar-refractivity contribution in [3.63, 3.8) is 0 Å². The molecule has 2 N–H and O–H groups in total. The number of nitrogens with two attached hydrogens (primary N) is 1. The first kappa shape index (κ1) is 21.8. The number of nitrogens with zero attached hydrogens (tertiary/aromatic N) is 2. The van der Waals surface area contributed by atoms with Crippen molar-refractivity contribution in [2.45, 2.75) is 22.6 Å². The average Bonchev–Trinajstić information content (AvgIpc) is 2.73. The zero-order valence-corrected chi connectivity index (χ0v) is 17.3. The normalized spacial score (nSPS) is 27.1. The summed E-state index contributed by atoms with van der Waals surface area (Å²) in [6, 6.07) is -2.88. The number of sulfone groups is 1. The van der Waals surface area contributed by atoms with Gasteiger partial charge < -0.3 is 5.73 Å². The molecule has 6 nitrogen and oxygen atoms in total. The van der Waals surface area contributed by atoms with Gasteiger partial charge >= 0.3 is 6.18 Å². The molecule has 1 aliphatic carbocycles. The fourth-order valence-electron chi connectivity index (χ4n) is 2.43. The number of hydrogen-bond acceptors (Lipinski definition) is 5. The summed E-state index contributed by atoms with van der Waals surface area (Å²) in [5.74, 6) is -1.09. The van der Waals surface area contributed by atoms with E-state index in [1.807, 2.05) is 0 Å². The monoisotopic (exact) mass is 517 g/mol. The van der Waals surface area contributed by atoms with E-state index in [2.05, 4.69) is 15.9 Å². The van der Waals surface area contributed by atoms with Gasteiger partial charge in [0, 0.05) is 28.7 Å². The molecule has 2 aliphatic rings. The van der Waals surface area contributed by atoms with Crippen LogP contribution >= 0.6 is 50.9 Å². The van der Waals surface area contributed by atoms with Crippen LogP contribution in [0.4, 0.5) is 13.2 Å². The molecule has 146 valence electrons. The highest BCUT2D eigenvalue weighted by Gasteiger charge is 2.52. The fraction of sp³-hybridized carbons (Fsp3) is 0.417. The van der Waals surface area contributed by atoms with Crippen molar-refractivity contribution in [2.75, 3.05) is 6.26 Å². The molecule has 14 heteroatoms. The summed E-state index contributed by atoms with van der Waals surface area (Å²) in [5, 5.41) is 0.928. The topological polar surface area (TPSA) is 83.7 Å². The predicted octanol–water partition coefficient (Wildman–Crippen LogP) is 2.74. The van der Waals surface area contributed by atoms with E-state index in [0.717, 1.165) is 23.5 Å². The summed E-state index contributed by atoms with van der Waals surface area (Å²) in [7, 11) is -3.91. The average molecular weight is 520 g/mol. The van der Waals surface area contributed by atoms with E-state index in [1.54, 1.807) is 0 Å². The molecule has 0 spiro atoms. The Hall–Kier alpha value is -0.460. The maximum atomic E-state index is 13.0. The third-order valence-corrected chi connectivity index (χ3v) is 6.37. The highest BCUT2D eigenvalue weighted by Crippen LogP contribution is 2.47. The molecule has 0 aromatic heterocycles. The highest BCUT2D eigenvalue weighted by atomic mass is 79.9. The van der Waals surface area contributed by atoms with Crippen molar-refractivity contribution in [1.29, 1.82) is 0 Å². The molecular weight excluding hydrogens is 509 g/mol. The molecule has 1 heterocycles. The van der Waals surface area contributed by atoms with Crippen LogP contribution in [-0.2, 0) is 14.6 Å². The van der Waals surface area contributed by atoms with E-state index in [0.29, 0.717) is 10.6 Å². The maximum Gasteiger partial charge on any atom is 0.416 e. The number of carbonyl (C=O) groups is 1. The molecular formula is C12H10BrCl3F3N3O3S. The lowest BCUT2D eigenvalue weighted by Gasteiger charge is -2.40. The van der Waals surface area contributed by atoms with Crippen LogP contribution in [0.25, 0.3) is 0 Å². The summed E-state index contributed by atoms with van der Waals surface area (Å²) >= 11 is 21.1. The smallest absolute Gasteiger partial charge is 0.368 e. The van der Waals surface area contributed by atoms with Crippen molar-refractivity contribution < 1.29 is 26.4 Å². The maximum absolute atomic E-state index is 13.0. The van der Waals surface area contributed by atoms with E-state index in [9.17, 15) is 26.4 Å². The van der Waals surface area contributed by atoms with Gasteiger partial charge in [-0.2, -0.15) is 13.2 Å². The largest absolute Gasteiger partial charge is 0.416 e. The molecule has 0 saturated carbocycles. The van der Waals surface area contributed by atoms with Crippen LogP contribution in [0.5, 0.6) is 0 Å². The summed E-state index contributed by atoms with van der Waals surface area (Å²) in [5.41, 5.74) is 4.09. The molecule has 26 heavy (non-hydrogen) atoms. The SMILES string of the molecule is CS(=O)(=O)C1=CN(C2C(Br)=CC(C(F)(F)F)=CC2(Cl)Cl)N(Cl)C1C(N)=O. The van der Waals surface area contributed by atoms with Crippen molar-refractivity contribution in [2.24, 2.45) is 5.73 Å². The Balaban J connectivity index is 2.55.